The fraction of sp³-hybridized carbons (Fsp3) is 0.286. The van der Waals surface area contributed by atoms with Crippen molar-refractivity contribution in [3.05, 3.63) is 23.8 Å². The van der Waals surface area contributed by atoms with Crippen LogP contribution in [0.4, 0.5) is 0 Å². The molecule has 0 aliphatic rings. The second kappa shape index (κ2) is 3.46. The van der Waals surface area contributed by atoms with Gasteiger partial charge >= 0.3 is 0 Å². The summed E-state index contributed by atoms with van der Waals surface area (Å²) in [6, 6.07) is 0. The molecule has 1 nitrogen and oxygen atoms in total. The minimum Gasteiger partial charge on any atom is -0.276 e. The monoisotopic (exact) mass is 144 g/mol. The molecule has 0 radical (unpaired) electrons. The first-order valence-electron chi connectivity index (χ1n) is 2.57. The Kier molecular flexibility index (Phi) is 3.25. The maximum Gasteiger partial charge on any atom is 0.248 e. The van der Waals surface area contributed by atoms with E-state index in [1.165, 1.54) is 0 Å². The fourth-order valence-electron chi connectivity index (χ4n) is 0.426. The third-order valence-corrected chi connectivity index (χ3v) is 1.07. The van der Waals surface area contributed by atoms with Crippen LogP contribution >= 0.6 is 11.6 Å². The normalized spacial score (nSPS) is 11.2. The Morgan fingerprint density at radius 3 is 2.11 bits per heavy atom. The van der Waals surface area contributed by atoms with Gasteiger partial charge in [0.15, 0.2) is 0 Å². The molecule has 0 aromatic carbocycles. The van der Waals surface area contributed by atoms with Crippen LogP contribution in [0.15, 0.2) is 23.8 Å². The Balaban J connectivity index is 4.17. The predicted octanol–water partition coefficient (Wildman–Crippen LogP) is 2.27. The van der Waals surface area contributed by atoms with Crippen LogP contribution in [0.2, 0.25) is 0 Å². The molecule has 0 N–H and O–H groups in total. The lowest BCUT2D eigenvalue weighted by atomic mass is 10.2. The van der Waals surface area contributed by atoms with E-state index >= 15 is 0 Å². The number of rotatable bonds is 2. The molecule has 50 valence electrons. The van der Waals surface area contributed by atoms with Gasteiger partial charge in [-0.25, -0.2) is 0 Å². The Bertz CT molecular complexity index is 168. The van der Waals surface area contributed by atoms with Crippen molar-refractivity contribution in [1.29, 1.82) is 0 Å². The minimum absolute atomic E-state index is 0.419. The van der Waals surface area contributed by atoms with Crippen LogP contribution < -0.4 is 0 Å². The highest BCUT2D eigenvalue weighted by molar-refractivity contribution is 6.67. The molecular weight excluding hydrogens is 136 g/mol. The van der Waals surface area contributed by atoms with Crippen LogP contribution in [0.3, 0.4) is 0 Å². The molecule has 9 heavy (non-hydrogen) atoms. The molecule has 0 heterocycles. The van der Waals surface area contributed by atoms with Gasteiger partial charge in [0, 0.05) is 5.57 Å². The zero-order chi connectivity index (χ0) is 7.44. The zero-order valence-corrected chi connectivity index (χ0v) is 6.33. The highest BCUT2D eigenvalue weighted by Crippen LogP contribution is 2.02. The van der Waals surface area contributed by atoms with Crippen LogP contribution in [0.5, 0.6) is 0 Å². The standard InChI is InChI=1S/C7H9ClO/c1-5(2)4-6(3)7(8)9/h4H,1H2,2-3H3/b6-4+. The number of carbonyl (C=O) groups excluding carboxylic acids is 1. The van der Waals surface area contributed by atoms with E-state index in [0.29, 0.717) is 5.57 Å². The van der Waals surface area contributed by atoms with Gasteiger partial charge in [-0.1, -0.05) is 18.2 Å². The molecule has 0 unspecified atom stereocenters. The molecule has 0 saturated carbocycles. The third kappa shape index (κ3) is 3.98. The van der Waals surface area contributed by atoms with Crippen molar-refractivity contribution < 1.29 is 4.79 Å². The smallest absolute Gasteiger partial charge is 0.248 e. The highest BCUT2D eigenvalue weighted by Gasteiger charge is 1.95. The first kappa shape index (κ1) is 8.44. The van der Waals surface area contributed by atoms with Crippen LogP contribution in [0, 0.1) is 0 Å². The van der Waals surface area contributed by atoms with E-state index in [1.807, 2.05) is 6.92 Å². The van der Waals surface area contributed by atoms with Gasteiger partial charge in [-0.2, -0.15) is 0 Å². The van der Waals surface area contributed by atoms with Gasteiger partial charge in [-0.3, -0.25) is 4.79 Å². The highest BCUT2D eigenvalue weighted by atomic mass is 35.5. The maximum absolute atomic E-state index is 10.3. The minimum atomic E-state index is -0.419. The Labute approximate surface area is 60.0 Å². The Morgan fingerprint density at radius 2 is 2.00 bits per heavy atom. The van der Waals surface area contributed by atoms with E-state index in [4.69, 9.17) is 11.6 Å². The summed E-state index contributed by atoms with van der Waals surface area (Å²) in [4.78, 5) is 10.3. The lowest BCUT2D eigenvalue weighted by Crippen LogP contribution is -1.86. The van der Waals surface area contributed by atoms with Crippen LogP contribution in [-0.2, 0) is 4.79 Å². The van der Waals surface area contributed by atoms with E-state index in [1.54, 1.807) is 13.0 Å². The Morgan fingerprint density at radius 1 is 1.56 bits per heavy atom. The predicted molar refractivity (Wildman–Crippen MR) is 39.4 cm³/mol. The second-order valence-electron chi connectivity index (χ2n) is 1.95. The second-order valence-corrected chi connectivity index (χ2v) is 2.29. The molecule has 0 rings (SSSR count). The molecule has 0 fully saturated rings. The van der Waals surface area contributed by atoms with Crippen molar-refractivity contribution in [2.45, 2.75) is 13.8 Å². The number of halogens is 1. The average Bonchev–Trinajstić information content (AvgIpc) is 1.63. The topological polar surface area (TPSA) is 17.1 Å². The van der Waals surface area contributed by atoms with Crippen molar-refractivity contribution in [3.8, 4) is 0 Å². The number of carbonyl (C=O) groups is 1. The van der Waals surface area contributed by atoms with Gasteiger partial charge in [0.1, 0.15) is 0 Å². The lowest BCUT2D eigenvalue weighted by Gasteiger charge is -1.89. The first-order chi connectivity index (χ1) is 4.04. The molecule has 0 bridgehead atoms. The quantitative estimate of drug-likeness (QED) is 0.330. The molecule has 0 amide bonds. The van der Waals surface area contributed by atoms with Crippen molar-refractivity contribution in [2.24, 2.45) is 0 Å². The van der Waals surface area contributed by atoms with Crippen molar-refractivity contribution >= 4 is 16.8 Å². The molecule has 2 heteroatoms. The lowest BCUT2D eigenvalue weighted by molar-refractivity contribution is -0.108. The summed E-state index contributed by atoms with van der Waals surface area (Å²) in [7, 11) is 0. The summed E-state index contributed by atoms with van der Waals surface area (Å²) < 4.78 is 0. The van der Waals surface area contributed by atoms with E-state index in [9.17, 15) is 4.79 Å². The SMILES string of the molecule is C=C(C)/C=C(\C)C(=O)Cl. The van der Waals surface area contributed by atoms with Gasteiger partial charge in [0.05, 0.1) is 0 Å². The summed E-state index contributed by atoms with van der Waals surface area (Å²) in [6.45, 7) is 7.06. The molecular formula is C7H9ClO. The van der Waals surface area contributed by atoms with Gasteiger partial charge < -0.3 is 0 Å². The van der Waals surface area contributed by atoms with Gasteiger partial charge in [-0.05, 0) is 25.4 Å². The van der Waals surface area contributed by atoms with Crippen LogP contribution in [-0.4, -0.2) is 5.24 Å². The van der Waals surface area contributed by atoms with E-state index in [-0.39, 0.29) is 0 Å². The molecule has 0 aromatic heterocycles. The number of hydrogen-bond donors (Lipinski definition) is 0. The van der Waals surface area contributed by atoms with E-state index < -0.39 is 5.24 Å². The molecule has 0 aliphatic heterocycles. The van der Waals surface area contributed by atoms with E-state index in [2.05, 4.69) is 6.58 Å². The van der Waals surface area contributed by atoms with E-state index in [0.717, 1.165) is 5.57 Å². The first-order valence-corrected chi connectivity index (χ1v) is 2.95. The van der Waals surface area contributed by atoms with Gasteiger partial charge in [0.2, 0.25) is 5.24 Å². The van der Waals surface area contributed by atoms with Gasteiger partial charge in [-0.15, -0.1) is 0 Å². The molecule has 0 atom stereocenters. The fourth-order valence-corrected chi connectivity index (χ4v) is 0.481. The maximum atomic E-state index is 10.3. The van der Waals surface area contributed by atoms with Crippen molar-refractivity contribution in [3.63, 3.8) is 0 Å². The molecule has 0 saturated heterocycles. The average molecular weight is 145 g/mol. The summed E-state index contributed by atoms with van der Waals surface area (Å²) >= 11 is 5.12. The van der Waals surface area contributed by atoms with Crippen molar-refractivity contribution in [2.75, 3.05) is 0 Å². The summed E-state index contributed by atoms with van der Waals surface area (Å²) in [5.41, 5.74) is 1.37. The third-order valence-electron chi connectivity index (χ3n) is 0.773. The van der Waals surface area contributed by atoms with Crippen LogP contribution in [0.25, 0.3) is 0 Å². The van der Waals surface area contributed by atoms with Crippen molar-refractivity contribution in [1.82, 2.24) is 0 Å². The molecule has 0 spiro atoms. The van der Waals surface area contributed by atoms with Gasteiger partial charge in [0.25, 0.3) is 0 Å². The summed E-state index contributed by atoms with van der Waals surface area (Å²) in [5.74, 6) is 0. The van der Waals surface area contributed by atoms with Crippen LogP contribution in [0.1, 0.15) is 13.8 Å². The summed E-state index contributed by atoms with van der Waals surface area (Å²) in [6.07, 6.45) is 1.65. The summed E-state index contributed by atoms with van der Waals surface area (Å²) in [5, 5.41) is -0.419. The molecule has 0 aliphatic carbocycles. The molecule has 0 aromatic rings. The zero-order valence-electron chi connectivity index (χ0n) is 5.57. The largest absolute Gasteiger partial charge is 0.276 e. The Hall–Kier alpha value is -0.560. The number of allylic oxidation sites excluding steroid dienone is 3. The number of hydrogen-bond acceptors (Lipinski definition) is 1.